The lowest BCUT2D eigenvalue weighted by molar-refractivity contribution is -0.123. The maximum atomic E-state index is 12.5. The molecule has 0 fully saturated rings. The number of amides is 2. The first-order chi connectivity index (χ1) is 13.5. The summed E-state index contributed by atoms with van der Waals surface area (Å²) in [7, 11) is 0. The number of ether oxygens (including phenoxy) is 1. The number of carbonyl (C=O) groups is 2. The van der Waals surface area contributed by atoms with Gasteiger partial charge in [0.1, 0.15) is 18.4 Å². The smallest absolute Gasteiger partial charge is 0.262 e. The average Bonchev–Trinajstić information content (AvgIpc) is 2.71. The third kappa shape index (κ3) is 5.99. The monoisotopic (exact) mass is 377 g/mol. The van der Waals surface area contributed by atoms with Gasteiger partial charge in [0, 0.05) is 11.1 Å². The fraction of sp³-hybridized carbons (Fsp3) is 0.227. The van der Waals surface area contributed by atoms with Gasteiger partial charge in [0.15, 0.2) is 0 Å². The quantitative estimate of drug-likeness (QED) is 0.422. The van der Waals surface area contributed by atoms with E-state index in [2.05, 4.69) is 21.8 Å². The van der Waals surface area contributed by atoms with Gasteiger partial charge in [-0.25, -0.2) is 5.43 Å². The van der Waals surface area contributed by atoms with Gasteiger partial charge in [-0.05, 0) is 30.2 Å². The van der Waals surface area contributed by atoms with E-state index in [4.69, 9.17) is 11.2 Å². The van der Waals surface area contributed by atoms with Crippen LogP contribution in [0.2, 0.25) is 0 Å². The van der Waals surface area contributed by atoms with E-state index in [1.165, 1.54) is 6.21 Å². The first-order valence-electron chi connectivity index (χ1n) is 8.87. The lowest BCUT2D eigenvalue weighted by Gasteiger charge is -2.20. The van der Waals surface area contributed by atoms with Gasteiger partial charge >= 0.3 is 0 Å². The topological polar surface area (TPSA) is 79.8 Å². The Morgan fingerprint density at radius 1 is 1.14 bits per heavy atom. The highest BCUT2D eigenvalue weighted by Gasteiger charge is 2.24. The molecule has 2 rings (SSSR count). The van der Waals surface area contributed by atoms with Crippen molar-refractivity contribution in [2.24, 2.45) is 11.0 Å². The summed E-state index contributed by atoms with van der Waals surface area (Å²) in [5.74, 6) is 2.13. The molecule has 6 nitrogen and oxygen atoms in total. The van der Waals surface area contributed by atoms with Crippen molar-refractivity contribution >= 4 is 18.0 Å². The van der Waals surface area contributed by atoms with Crippen LogP contribution in [0.1, 0.15) is 29.8 Å². The maximum absolute atomic E-state index is 12.5. The van der Waals surface area contributed by atoms with Crippen molar-refractivity contribution in [3.8, 4) is 18.1 Å². The molecule has 0 aliphatic carbocycles. The minimum atomic E-state index is -0.724. The third-order valence-electron chi connectivity index (χ3n) is 3.88. The highest BCUT2D eigenvalue weighted by Crippen LogP contribution is 2.15. The summed E-state index contributed by atoms with van der Waals surface area (Å²) in [4.78, 5) is 24.8. The molecule has 0 aromatic heterocycles. The Kier molecular flexibility index (Phi) is 7.79. The number of carbonyl (C=O) groups excluding carboxylic acids is 2. The lowest BCUT2D eigenvalue weighted by atomic mass is 10.0. The van der Waals surface area contributed by atoms with Crippen molar-refractivity contribution in [3.63, 3.8) is 0 Å². The molecule has 0 bridgehead atoms. The minimum absolute atomic E-state index is 0.117. The van der Waals surface area contributed by atoms with Crippen molar-refractivity contribution < 1.29 is 14.3 Å². The van der Waals surface area contributed by atoms with Crippen LogP contribution >= 0.6 is 0 Å². The van der Waals surface area contributed by atoms with Crippen molar-refractivity contribution in [2.75, 3.05) is 6.61 Å². The normalized spacial score (nSPS) is 11.6. The summed E-state index contributed by atoms with van der Waals surface area (Å²) in [5.41, 5.74) is 3.64. The summed E-state index contributed by atoms with van der Waals surface area (Å²) < 4.78 is 5.43. The Morgan fingerprint density at radius 3 is 2.50 bits per heavy atom. The van der Waals surface area contributed by atoms with Crippen molar-refractivity contribution in [1.82, 2.24) is 10.7 Å². The Labute approximate surface area is 165 Å². The molecule has 0 radical (unpaired) electrons. The van der Waals surface area contributed by atoms with E-state index in [-0.39, 0.29) is 18.4 Å². The zero-order chi connectivity index (χ0) is 20.4. The minimum Gasteiger partial charge on any atom is -0.480 e. The first-order valence-corrected chi connectivity index (χ1v) is 8.87. The van der Waals surface area contributed by atoms with Gasteiger partial charge in [0.25, 0.3) is 11.8 Å². The number of hydrogen-bond acceptors (Lipinski definition) is 4. The molecule has 2 aromatic carbocycles. The molecule has 0 aliphatic rings. The number of nitrogens with one attached hydrogen (secondary N) is 2. The SMILES string of the molecule is C#CCOc1ccccc1C=NNC(=O)C(NC(=O)c1ccccc1)C(C)C. The van der Waals surface area contributed by atoms with E-state index in [1.807, 2.05) is 32.0 Å². The molecule has 0 saturated heterocycles. The first kappa shape index (κ1) is 20.7. The Bertz CT molecular complexity index is 870. The maximum Gasteiger partial charge on any atom is 0.262 e. The molecule has 2 N–H and O–H groups in total. The molecular weight excluding hydrogens is 354 g/mol. The second kappa shape index (κ2) is 10.5. The van der Waals surface area contributed by atoms with Crippen LogP contribution in [0, 0.1) is 18.3 Å². The van der Waals surface area contributed by atoms with Crippen LogP contribution in [0.4, 0.5) is 0 Å². The zero-order valence-corrected chi connectivity index (χ0v) is 15.9. The zero-order valence-electron chi connectivity index (χ0n) is 15.9. The van der Waals surface area contributed by atoms with Crippen LogP contribution < -0.4 is 15.5 Å². The molecule has 2 aromatic rings. The molecule has 6 heteroatoms. The van der Waals surface area contributed by atoms with E-state index < -0.39 is 11.9 Å². The molecule has 1 unspecified atom stereocenters. The fourth-order valence-corrected chi connectivity index (χ4v) is 2.42. The second-order valence-corrected chi connectivity index (χ2v) is 6.33. The van der Waals surface area contributed by atoms with E-state index in [0.717, 1.165) is 0 Å². The summed E-state index contributed by atoms with van der Waals surface area (Å²) in [6.07, 6.45) is 6.68. The number of terminal acetylenes is 1. The van der Waals surface area contributed by atoms with Gasteiger partial charge in [-0.1, -0.05) is 50.1 Å². The highest BCUT2D eigenvalue weighted by atomic mass is 16.5. The molecule has 2 amide bonds. The number of para-hydroxylation sites is 1. The van der Waals surface area contributed by atoms with Crippen LogP contribution in [0.5, 0.6) is 5.75 Å². The number of hydrazone groups is 1. The van der Waals surface area contributed by atoms with Gasteiger partial charge in [0.2, 0.25) is 0 Å². The van der Waals surface area contributed by atoms with Gasteiger partial charge in [-0.2, -0.15) is 5.10 Å². The van der Waals surface area contributed by atoms with Crippen molar-refractivity contribution in [3.05, 3.63) is 65.7 Å². The van der Waals surface area contributed by atoms with Crippen LogP contribution in [0.25, 0.3) is 0 Å². The molecule has 0 heterocycles. The fourth-order valence-electron chi connectivity index (χ4n) is 2.42. The van der Waals surface area contributed by atoms with E-state index in [0.29, 0.717) is 16.9 Å². The standard InChI is InChI=1S/C22H23N3O3/c1-4-14-28-19-13-9-8-12-18(19)15-23-25-22(27)20(16(2)3)24-21(26)17-10-6-5-7-11-17/h1,5-13,15-16,20H,14H2,2-3H3,(H,24,26)(H,25,27). The van der Waals surface area contributed by atoms with Crippen molar-refractivity contribution in [2.45, 2.75) is 19.9 Å². The Balaban J connectivity index is 2.02. The lowest BCUT2D eigenvalue weighted by Crippen LogP contribution is -2.48. The summed E-state index contributed by atoms with van der Waals surface area (Å²) in [6.45, 7) is 3.84. The number of nitrogens with zero attached hydrogens (tertiary/aromatic N) is 1. The third-order valence-corrected chi connectivity index (χ3v) is 3.88. The highest BCUT2D eigenvalue weighted by molar-refractivity contribution is 5.97. The number of benzene rings is 2. The molecule has 1 atom stereocenters. The Morgan fingerprint density at radius 2 is 1.82 bits per heavy atom. The molecular formula is C22H23N3O3. The van der Waals surface area contributed by atoms with Crippen molar-refractivity contribution in [1.29, 1.82) is 0 Å². The largest absolute Gasteiger partial charge is 0.480 e. The summed E-state index contributed by atoms with van der Waals surface area (Å²) in [6, 6.07) is 15.2. The predicted octanol–water partition coefficient (Wildman–Crippen LogP) is 2.60. The van der Waals surface area contributed by atoms with Crippen LogP contribution in [-0.2, 0) is 4.79 Å². The predicted molar refractivity (Wildman–Crippen MR) is 109 cm³/mol. The van der Waals surface area contributed by atoms with E-state index in [1.54, 1.807) is 36.4 Å². The summed E-state index contributed by atoms with van der Waals surface area (Å²) >= 11 is 0. The summed E-state index contributed by atoms with van der Waals surface area (Å²) in [5, 5.41) is 6.73. The van der Waals surface area contributed by atoms with Crippen LogP contribution in [0.15, 0.2) is 59.7 Å². The van der Waals surface area contributed by atoms with Gasteiger partial charge in [-0.15, -0.1) is 6.42 Å². The van der Waals surface area contributed by atoms with Gasteiger partial charge in [0.05, 0.1) is 6.21 Å². The van der Waals surface area contributed by atoms with Crippen LogP contribution in [-0.4, -0.2) is 30.7 Å². The van der Waals surface area contributed by atoms with E-state index in [9.17, 15) is 9.59 Å². The van der Waals surface area contributed by atoms with Gasteiger partial charge < -0.3 is 10.1 Å². The number of rotatable bonds is 8. The molecule has 0 aliphatic heterocycles. The molecule has 0 spiro atoms. The molecule has 28 heavy (non-hydrogen) atoms. The van der Waals surface area contributed by atoms with Crippen LogP contribution in [0.3, 0.4) is 0 Å². The molecule has 0 saturated carbocycles. The molecule has 144 valence electrons. The van der Waals surface area contributed by atoms with Gasteiger partial charge in [-0.3, -0.25) is 9.59 Å². The Hall–Kier alpha value is -3.59. The number of hydrogen-bond donors (Lipinski definition) is 2. The van der Waals surface area contributed by atoms with E-state index >= 15 is 0 Å². The second-order valence-electron chi connectivity index (χ2n) is 6.33. The average molecular weight is 377 g/mol.